The van der Waals surface area contributed by atoms with E-state index in [-0.39, 0.29) is 0 Å². The van der Waals surface area contributed by atoms with Crippen molar-refractivity contribution < 1.29 is 9.84 Å². The number of aliphatic hydroxyl groups is 1. The van der Waals surface area contributed by atoms with E-state index in [0.29, 0.717) is 13.0 Å². The van der Waals surface area contributed by atoms with Crippen molar-refractivity contribution in [1.29, 1.82) is 0 Å². The summed E-state index contributed by atoms with van der Waals surface area (Å²) in [6.07, 6.45) is 2.95. The van der Waals surface area contributed by atoms with Crippen LogP contribution in [0.1, 0.15) is 31.6 Å². The van der Waals surface area contributed by atoms with Gasteiger partial charge in [-0.3, -0.25) is 4.68 Å². The highest BCUT2D eigenvalue weighted by atomic mass is 16.5. The van der Waals surface area contributed by atoms with Crippen LogP contribution in [0, 0.1) is 0 Å². The predicted molar refractivity (Wildman–Crippen MR) is 53.9 cm³/mol. The van der Waals surface area contributed by atoms with E-state index in [1.807, 2.05) is 26.2 Å². The maximum absolute atomic E-state index is 9.70. The highest BCUT2D eigenvalue weighted by Crippen LogP contribution is 2.15. The zero-order chi connectivity index (χ0) is 10.4. The second-order valence-electron chi connectivity index (χ2n) is 3.27. The van der Waals surface area contributed by atoms with E-state index in [4.69, 9.17) is 4.74 Å². The molecular weight excluding hydrogens is 180 g/mol. The van der Waals surface area contributed by atoms with E-state index in [1.165, 1.54) is 0 Å². The van der Waals surface area contributed by atoms with Gasteiger partial charge in [0, 0.05) is 26.5 Å². The molecule has 0 saturated heterocycles. The van der Waals surface area contributed by atoms with Crippen LogP contribution < -0.4 is 0 Å². The van der Waals surface area contributed by atoms with Crippen LogP contribution in [0.4, 0.5) is 0 Å². The van der Waals surface area contributed by atoms with Crippen LogP contribution in [0.25, 0.3) is 0 Å². The zero-order valence-corrected chi connectivity index (χ0v) is 8.81. The highest BCUT2D eigenvalue weighted by molar-refractivity contribution is 5.02. The number of hydrogen-bond acceptors (Lipinski definition) is 3. The summed E-state index contributed by atoms with van der Waals surface area (Å²) in [4.78, 5) is 0. The fourth-order valence-electron chi connectivity index (χ4n) is 1.28. The first-order valence-electron chi connectivity index (χ1n) is 4.99. The molecule has 1 atom stereocenters. The molecule has 4 nitrogen and oxygen atoms in total. The van der Waals surface area contributed by atoms with E-state index in [9.17, 15) is 5.11 Å². The Hall–Kier alpha value is -0.870. The summed E-state index contributed by atoms with van der Waals surface area (Å²) in [6, 6.07) is 1.84. The van der Waals surface area contributed by atoms with E-state index < -0.39 is 6.10 Å². The van der Waals surface area contributed by atoms with Crippen molar-refractivity contribution in [3.63, 3.8) is 0 Å². The lowest BCUT2D eigenvalue weighted by molar-refractivity contribution is 0.112. The second-order valence-corrected chi connectivity index (χ2v) is 3.27. The average molecular weight is 198 g/mol. The van der Waals surface area contributed by atoms with Gasteiger partial charge in [0.2, 0.25) is 0 Å². The number of aromatic nitrogens is 2. The first-order valence-corrected chi connectivity index (χ1v) is 4.99. The minimum atomic E-state index is -0.461. The lowest BCUT2D eigenvalue weighted by Gasteiger charge is -2.07. The molecule has 0 radical (unpaired) electrons. The van der Waals surface area contributed by atoms with Crippen LogP contribution in [0.5, 0.6) is 0 Å². The van der Waals surface area contributed by atoms with Crippen LogP contribution >= 0.6 is 0 Å². The Bertz CT molecular complexity index is 260. The SMILES string of the molecule is CCOCCCC(O)c1ccn(C)n1. The number of aliphatic hydroxyl groups excluding tert-OH is 1. The third-order valence-corrected chi connectivity index (χ3v) is 2.05. The summed E-state index contributed by atoms with van der Waals surface area (Å²) in [7, 11) is 1.84. The molecule has 0 fully saturated rings. The van der Waals surface area contributed by atoms with Crippen LogP contribution in [-0.4, -0.2) is 28.1 Å². The molecule has 1 heterocycles. The Morgan fingerprint density at radius 3 is 3.00 bits per heavy atom. The molecule has 1 rings (SSSR count). The molecule has 1 aromatic heterocycles. The molecule has 14 heavy (non-hydrogen) atoms. The van der Waals surface area contributed by atoms with E-state index in [2.05, 4.69) is 5.10 Å². The van der Waals surface area contributed by atoms with Crippen molar-refractivity contribution in [2.75, 3.05) is 13.2 Å². The van der Waals surface area contributed by atoms with Gasteiger partial charge in [-0.2, -0.15) is 5.10 Å². The maximum atomic E-state index is 9.70. The third kappa shape index (κ3) is 3.47. The first kappa shape index (κ1) is 11.2. The van der Waals surface area contributed by atoms with Gasteiger partial charge in [0.15, 0.2) is 0 Å². The Morgan fingerprint density at radius 2 is 2.43 bits per heavy atom. The normalized spacial score (nSPS) is 13.1. The van der Waals surface area contributed by atoms with E-state index >= 15 is 0 Å². The standard InChI is InChI=1S/C10H18N2O2/c1-3-14-8-4-5-10(13)9-6-7-12(2)11-9/h6-7,10,13H,3-5,8H2,1-2H3. The van der Waals surface area contributed by atoms with Crippen LogP contribution in [0.15, 0.2) is 12.3 Å². The first-order chi connectivity index (χ1) is 6.74. The van der Waals surface area contributed by atoms with Crippen molar-refractivity contribution >= 4 is 0 Å². The van der Waals surface area contributed by atoms with Gasteiger partial charge in [0.1, 0.15) is 0 Å². The molecule has 4 heteroatoms. The lowest BCUT2D eigenvalue weighted by atomic mass is 10.1. The Kier molecular flexibility index (Phi) is 4.62. The molecule has 0 bridgehead atoms. The Balaban J connectivity index is 2.25. The third-order valence-electron chi connectivity index (χ3n) is 2.05. The second kappa shape index (κ2) is 5.78. The lowest BCUT2D eigenvalue weighted by Crippen LogP contribution is -2.02. The molecule has 0 spiro atoms. The van der Waals surface area contributed by atoms with Crippen molar-refractivity contribution in [3.05, 3.63) is 18.0 Å². The van der Waals surface area contributed by atoms with Crippen LogP contribution in [0.3, 0.4) is 0 Å². The molecular formula is C10H18N2O2. The van der Waals surface area contributed by atoms with Crippen molar-refractivity contribution in [2.24, 2.45) is 7.05 Å². The number of ether oxygens (including phenoxy) is 1. The number of rotatable bonds is 6. The van der Waals surface area contributed by atoms with E-state index in [1.54, 1.807) is 4.68 Å². The number of aryl methyl sites for hydroxylation is 1. The molecule has 0 aromatic carbocycles. The number of hydrogen-bond donors (Lipinski definition) is 1. The summed E-state index contributed by atoms with van der Waals surface area (Å²) in [5.41, 5.74) is 0.740. The molecule has 0 aliphatic heterocycles. The predicted octanol–water partition coefficient (Wildman–Crippen LogP) is 1.27. The van der Waals surface area contributed by atoms with Crippen LogP contribution in [-0.2, 0) is 11.8 Å². The zero-order valence-electron chi connectivity index (χ0n) is 8.81. The number of nitrogens with zero attached hydrogens (tertiary/aromatic N) is 2. The van der Waals surface area contributed by atoms with Gasteiger partial charge >= 0.3 is 0 Å². The molecule has 0 saturated carbocycles. The summed E-state index contributed by atoms with van der Waals surface area (Å²) in [5, 5.41) is 13.8. The van der Waals surface area contributed by atoms with Gasteiger partial charge in [0.05, 0.1) is 11.8 Å². The molecule has 80 valence electrons. The minimum absolute atomic E-state index is 0.461. The summed E-state index contributed by atoms with van der Waals surface area (Å²) >= 11 is 0. The van der Waals surface area contributed by atoms with Gasteiger partial charge < -0.3 is 9.84 Å². The molecule has 1 aromatic rings. The molecule has 1 N–H and O–H groups in total. The fraction of sp³-hybridized carbons (Fsp3) is 0.700. The summed E-state index contributed by atoms with van der Waals surface area (Å²) in [5.74, 6) is 0. The maximum Gasteiger partial charge on any atom is 0.0979 e. The Labute approximate surface area is 84.5 Å². The van der Waals surface area contributed by atoms with Gasteiger partial charge in [-0.1, -0.05) is 0 Å². The Morgan fingerprint density at radius 1 is 1.64 bits per heavy atom. The van der Waals surface area contributed by atoms with Crippen molar-refractivity contribution in [1.82, 2.24) is 9.78 Å². The molecule has 0 amide bonds. The largest absolute Gasteiger partial charge is 0.387 e. The van der Waals surface area contributed by atoms with Crippen molar-refractivity contribution in [2.45, 2.75) is 25.9 Å². The topological polar surface area (TPSA) is 47.3 Å². The van der Waals surface area contributed by atoms with Crippen molar-refractivity contribution in [3.8, 4) is 0 Å². The van der Waals surface area contributed by atoms with Gasteiger partial charge in [-0.15, -0.1) is 0 Å². The smallest absolute Gasteiger partial charge is 0.0979 e. The highest BCUT2D eigenvalue weighted by Gasteiger charge is 2.09. The molecule has 1 unspecified atom stereocenters. The average Bonchev–Trinajstić information content (AvgIpc) is 2.59. The summed E-state index contributed by atoms with van der Waals surface area (Å²) in [6.45, 7) is 3.41. The minimum Gasteiger partial charge on any atom is -0.387 e. The van der Waals surface area contributed by atoms with Gasteiger partial charge in [0.25, 0.3) is 0 Å². The van der Waals surface area contributed by atoms with Crippen LogP contribution in [0.2, 0.25) is 0 Å². The van der Waals surface area contributed by atoms with Gasteiger partial charge in [-0.05, 0) is 25.8 Å². The molecule has 0 aliphatic rings. The fourth-order valence-corrected chi connectivity index (χ4v) is 1.28. The molecule has 0 aliphatic carbocycles. The quantitative estimate of drug-likeness (QED) is 0.700. The van der Waals surface area contributed by atoms with Gasteiger partial charge in [-0.25, -0.2) is 0 Å². The summed E-state index contributed by atoms with van der Waals surface area (Å²) < 4.78 is 6.88. The monoisotopic (exact) mass is 198 g/mol. The van der Waals surface area contributed by atoms with E-state index in [0.717, 1.165) is 18.7 Å².